The average Bonchev–Trinajstić information content (AvgIpc) is 1.85. The molecule has 3 heteroatoms. The Bertz CT molecular complexity index is 122. The maximum Gasteiger partial charge on any atom is 0.154 e. The number of nitrogens with two attached hydrogens (primary N) is 1. The molecule has 1 heterocycles. The number of nitrogens with zero attached hydrogens (tertiary/aromatic N) is 1. The van der Waals surface area contributed by atoms with E-state index in [0.717, 1.165) is 5.17 Å². The minimum absolute atomic E-state index is 0.417. The zero-order valence-corrected chi connectivity index (χ0v) is 5.90. The normalized spacial score (nSPS) is 37.5. The van der Waals surface area contributed by atoms with Crippen molar-refractivity contribution in [2.75, 3.05) is 0 Å². The summed E-state index contributed by atoms with van der Waals surface area (Å²) in [5, 5.41) is 1.32. The highest BCUT2D eigenvalue weighted by atomic mass is 32.2. The van der Waals surface area contributed by atoms with Gasteiger partial charge in [-0.05, 0) is 6.92 Å². The summed E-state index contributed by atoms with van der Waals surface area (Å²) in [5.74, 6) is 0. The molecule has 8 heavy (non-hydrogen) atoms. The summed E-state index contributed by atoms with van der Waals surface area (Å²) in [6.45, 7) is 4.22. The molecule has 2 atom stereocenters. The molecule has 46 valence electrons. The highest BCUT2D eigenvalue weighted by molar-refractivity contribution is 8.14. The lowest BCUT2D eigenvalue weighted by atomic mass is 10.3. The van der Waals surface area contributed by atoms with Gasteiger partial charge < -0.3 is 5.73 Å². The van der Waals surface area contributed by atoms with E-state index in [0.29, 0.717) is 11.3 Å². The average molecular weight is 130 g/mol. The van der Waals surface area contributed by atoms with E-state index in [4.69, 9.17) is 5.73 Å². The van der Waals surface area contributed by atoms with Gasteiger partial charge in [-0.25, -0.2) is 0 Å². The van der Waals surface area contributed by atoms with Gasteiger partial charge in [-0.15, -0.1) is 0 Å². The summed E-state index contributed by atoms with van der Waals surface area (Å²) < 4.78 is 0. The Morgan fingerprint density at radius 2 is 2.25 bits per heavy atom. The molecule has 0 aromatic rings. The Morgan fingerprint density at radius 1 is 1.62 bits per heavy atom. The van der Waals surface area contributed by atoms with Crippen molar-refractivity contribution < 1.29 is 0 Å². The van der Waals surface area contributed by atoms with Crippen LogP contribution < -0.4 is 5.73 Å². The number of hydrogen-bond acceptors (Lipinski definition) is 3. The molecule has 0 saturated carbocycles. The van der Waals surface area contributed by atoms with Gasteiger partial charge in [0.05, 0.1) is 6.04 Å². The van der Waals surface area contributed by atoms with E-state index in [2.05, 4.69) is 18.8 Å². The molecule has 0 amide bonds. The van der Waals surface area contributed by atoms with Crippen molar-refractivity contribution >= 4 is 16.9 Å². The van der Waals surface area contributed by atoms with Crippen LogP contribution in [0.2, 0.25) is 0 Å². The second-order valence-electron chi connectivity index (χ2n) is 2.03. The third-order valence-electron chi connectivity index (χ3n) is 1.32. The van der Waals surface area contributed by atoms with Crippen molar-refractivity contribution in [3.63, 3.8) is 0 Å². The molecule has 0 spiro atoms. The smallest absolute Gasteiger partial charge is 0.154 e. The lowest BCUT2D eigenvalue weighted by Crippen LogP contribution is -2.07. The molecule has 0 radical (unpaired) electrons. The van der Waals surface area contributed by atoms with E-state index in [1.807, 2.05) is 0 Å². The maximum atomic E-state index is 5.43. The number of hydrogen-bond donors (Lipinski definition) is 1. The number of aliphatic imine (C=N–C) groups is 1. The van der Waals surface area contributed by atoms with Crippen LogP contribution in [0.5, 0.6) is 0 Å². The van der Waals surface area contributed by atoms with E-state index in [9.17, 15) is 0 Å². The molecular weight excluding hydrogens is 120 g/mol. The van der Waals surface area contributed by atoms with Gasteiger partial charge >= 0.3 is 0 Å². The molecule has 0 bridgehead atoms. The van der Waals surface area contributed by atoms with E-state index in [1.165, 1.54) is 0 Å². The molecule has 1 aliphatic rings. The second kappa shape index (κ2) is 1.97. The first kappa shape index (κ1) is 5.95. The monoisotopic (exact) mass is 130 g/mol. The highest BCUT2D eigenvalue weighted by Gasteiger charge is 2.19. The maximum absolute atomic E-state index is 5.43. The Kier molecular flexibility index (Phi) is 1.47. The van der Waals surface area contributed by atoms with Crippen LogP contribution in [0.15, 0.2) is 4.99 Å². The van der Waals surface area contributed by atoms with Crippen LogP contribution in [0, 0.1) is 0 Å². The third-order valence-corrected chi connectivity index (χ3v) is 2.43. The van der Waals surface area contributed by atoms with Gasteiger partial charge in [-0.3, -0.25) is 4.99 Å². The molecule has 0 fully saturated rings. The topological polar surface area (TPSA) is 38.4 Å². The van der Waals surface area contributed by atoms with Crippen molar-refractivity contribution in [3.8, 4) is 0 Å². The number of thioether (sulfide) groups is 1. The van der Waals surface area contributed by atoms with Crippen LogP contribution in [-0.2, 0) is 0 Å². The van der Waals surface area contributed by atoms with Crippen molar-refractivity contribution in [1.82, 2.24) is 0 Å². The zero-order chi connectivity index (χ0) is 6.15. The summed E-state index contributed by atoms with van der Waals surface area (Å²) in [5.41, 5.74) is 5.43. The Hall–Kier alpha value is -0.180. The van der Waals surface area contributed by atoms with Crippen LogP contribution in [0.3, 0.4) is 0 Å². The van der Waals surface area contributed by atoms with Gasteiger partial charge in [0.1, 0.15) is 0 Å². The van der Waals surface area contributed by atoms with Crippen LogP contribution in [0.25, 0.3) is 0 Å². The highest BCUT2D eigenvalue weighted by Crippen LogP contribution is 2.23. The molecule has 1 aliphatic heterocycles. The first-order valence-corrected chi connectivity index (χ1v) is 3.58. The Morgan fingerprint density at radius 3 is 2.38 bits per heavy atom. The fourth-order valence-corrected chi connectivity index (χ4v) is 1.49. The standard InChI is InChI=1S/C5H10N2S/c1-3-4(2)8-5(6)7-3/h3-4H,1-2H3,(H2,6,7)/t3-,4+/m0/s1. The van der Waals surface area contributed by atoms with Gasteiger partial charge in [-0.1, -0.05) is 18.7 Å². The van der Waals surface area contributed by atoms with Gasteiger partial charge in [0.2, 0.25) is 0 Å². The van der Waals surface area contributed by atoms with Gasteiger partial charge in [0.15, 0.2) is 5.17 Å². The van der Waals surface area contributed by atoms with Gasteiger partial charge in [0, 0.05) is 5.25 Å². The lowest BCUT2D eigenvalue weighted by Gasteiger charge is -2.01. The van der Waals surface area contributed by atoms with E-state index in [1.54, 1.807) is 11.8 Å². The minimum atomic E-state index is 0.417. The summed E-state index contributed by atoms with van der Waals surface area (Å²) in [7, 11) is 0. The van der Waals surface area contributed by atoms with E-state index >= 15 is 0 Å². The minimum Gasteiger partial charge on any atom is -0.379 e. The molecule has 2 N–H and O–H groups in total. The quantitative estimate of drug-likeness (QED) is 0.527. The second-order valence-corrected chi connectivity index (χ2v) is 3.43. The van der Waals surface area contributed by atoms with E-state index < -0.39 is 0 Å². The Labute approximate surface area is 53.6 Å². The SMILES string of the molecule is C[C@@H]1N=C(N)S[C@@H]1C. The van der Waals surface area contributed by atoms with Gasteiger partial charge in [-0.2, -0.15) is 0 Å². The predicted molar refractivity (Wildman–Crippen MR) is 38.1 cm³/mol. The largest absolute Gasteiger partial charge is 0.379 e. The molecule has 0 aromatic carbocycles. The van der Waals surface area contributed by atoms with Crippen molar-refractivity contribution in [1.29, 1.82) is 0 Å². The summed E-state index contributed by atoms with van der Waals surface area (Å²) in [6.07, 6.45) is 0. The third kappa shape index (κ3) is 0.968. The molecule has 0 aliphatic carbocycles. The zero-order valence-electron chi connectivity index (χ0n) is 5.09. The van der Waals surface area contributed by atoms with Crippen molar-refractivity contribution in [3.05, 3.63) is 0 Å². The number of amidine groups is 1. The molecule has 2 nitrogen and oxygen atoms in total. The van der Waals surface area contributed by atoms with Crippen molar-refractivity contribution in [2.45, 2.75) is 25.1 Å². The number of rotatable bonds is 0. The Balaban J connectivity index is 2.56. The molecule has 0 aromatic heterocycles. The molecular formula is C5H10N2S. The fourth-order valence-electron chi connectivity index (χ4n) is 0.625. The van der Waals surface area contributed by atoms with Crippen LogP contribution in [-0.4, -0.2) is 16.5 Å². The van der Waals surface area contributed by atoms with E-state index in [-0.39, 0.29) is 0 Å². The fraction of sp³-hybridized carbons (Fsp3) is 0.800. The lowest BCUT2D eigenvalue weighted by molar-refractivity contribution is 0.749. The van der Waals surface area contributed by atoms with Crippen LogP contribution in [0.1, 0.15) is 13.8 Å². The predicted octanol–water partition coefficient (Wildman–Crippen LogP) is 0.825. The van der Waals surface area contributed by atoms with Crippen LogP contribution >= 0.6 is 11.8 Å². The first-order chi connectivity index (χ1) is 3.70. The van der Waals surface area contributed by atoms with Crippen molar-refractivity contribution in [2.24, 2.45) is 10.7 Å². The molecule has 0 saturated heterocycles. The summed E-state index contributed by atoms with van der Waals surface area (Å²) in [4.78, 5) is 4.13. The first-order valence-electron chi connectivity index (χ1n) is 2.70. The molecule has 1 rings (SSSR count). The van der Waals surface area contributed by atoms with Crippen LogP contribution in [0.4, 0.5) is 0 Å². The molecule has 0 unspecified atom stereocenters. The summed E-state index contributed by atoms with van der Waals surface area (Å²) >= 11 is 1.66. The summed E-state index contributed by atoms with van der Waals surface area (Å²) in [6, 6.07) is 0.417. The van der Waals surface area contributed by atoms with Gasteiger partial charge in [0.25, 0.3) is 0 Å².